The van der Waals surface area contributed by atoms with Crippen LogP contribution in [0.4, 0.5) is 5.82 Å². The van der Waals surface area contributed by atoms with Crippen molar-refractivity contribution in [2.24, 2.45) is 4.99 Å². The second-order valence-electron chi connectivity index (χ2n) is 3.36. The second kappa shape index (κ2) is 4.21. The van der Waals surface area contributed by atoms with Crippen LogP contribution in [-0.4, -0.2) is 29.8 Å². The molecule has 1 N–H and O–H groups in total. The van der Waals surface area contributed by atoms with Crippen molar-refractivity contribution in [1.82, 2.24) is 9.97 Å². The number of nitrogens with zero attached hydrogens (tertiary/aromatic N) is 3. The first-order chi connectivity index (χ1) is 7.36. The Balaban J connectivity index is 2.49. The first-order valence-corrected chi connectivity index (χ1v) is 5.03. The predicted octanol–water partition coefficient (Wildman–Crippen LogP) is 1.55. The average molecular weight is 202 g/mol. The molecule has 0 saturated heterocycles. The van der Waals surface area contributed by atoms with Gasteiger partial charge in [-0.25, -0.2) is 9.97 Å². The van der Waals surface area contributed by atoms with Crippen molar-refractivity contribution in [1.29, 1.82) is 0 Å². The van der Waals surface area contributed by atoms with Crippen LogP contribution in [0.1, 0.15) is 18.2 Å². The van der Waals surface area contributed by atoms with Crippen LogP contribution in [0.3, 0.4) is 0 Å². The molecule has 0 fully saturated rings. The van der Waals surface area contributed by atoms with Crippen LogP contribution in [0.15, 0.2) is 17.4 Å². The van der Waals surface area contributed by atoms with Crippen LogP contribution in [0, 0.1) is 0 Å². The van der Waals surface area contributed by atoms with Gasteiger partial charge in [-0.15, -0.1) is 0 Å². The molecule has 4 heteroatoms. The molecule has 0 atom stereocenters. The van der Waals surface area contributed by atoms with Crippen molar-refractivity contribution in [3.05, 3.63) is 23.7 Å². The molecule has 0 spiro atoms. The number of aliphatic imine (C=N–C) groups is 1. The van der Waals surface area contributed by atoms with Gasteiger partial charge in [0.25, 0.3) is 0 Å². The van der Waals surface area contributed by atoms with Gasteiger partial charge in [0.15, 0.2) is 0 Å². The average Bonchev–Trinajstić information content (AvgIpc) is 2.73. The van der Waals surface area contributed by atoms with Crippen LogP contribution < -0.4 is 5.32 Å². The van der Waals surface area contributed by atoms with Gasteiger partial charge >= 0.3 is 0 Å². The van der Waals surface area contributed by atoms with E-state index < -0.39 is 0 Å². The third-order valence-electron chi connectivity index (χ3n) is 2.47. The molecule has 78 valence electrons. The molecule has 0 bridgehead atoms. The fraction of sp³-hybridized carbons (Fsp3) is 0.364. The van der Waals surface area contributed by atoms with E-state index in [1.807, 2.05) is 19.2 Å². The minimum absolute atomic E-state index is 0.946. The number of aromatic nitrogens is 2. The molecule has 1 aromatic heterocycles. The van der Waals surface area contributed by atoms with Gasteiger partial charge in [-0.05, 0) is 13.3 Å². The van der Waals surface area contributed by atoms with Gasteiger partial charge in [-0.3, -0.25) is 4.99 Å². The zero-order chi connectivity index (χ0) is 10.7. The van der Waals surface area contributed by atoms with Crippen LogP contribution in [0.5, 0.6) is 0 Å². The summed E-state index contributed by atoms with van der Waals surface area (Å²) >= 11 is 0. The van der Waals surface area contributed by atoms with Crippen LogP contribution in [0.2, 0.25) is 0 Å². The smallest absolute Gasteiger partial charge is 0.133 e. The fourth-order valence-electron chi connectivity index (χ4n) is 1.77. The Labute approximate surface area is 89.2 Å². The highest BCUT2D eigenvalue weighted by Crippen LogP contribution is 2.25. The Morgan fingerprint density at radius 1 is 1.53 bits per heavy atom. The van der Waals surface area contributed by atoms with Gasteiger partial charge in [0.2, 0.25) is 0 Å². The first kappa shape index (κ1) is 9.83. The van der Waals surface area contributed by atoms with Crippen LogP contribution in [-0.2, 0) is 6.42 Å². The summed E-state index contributed by atoms with van der Waals surface area (Å²) in [6.07, 6.45) is 6.44. The number of nitrogens with one attached hydrogen (secondary N) is 1. The van der Waals surface area contributed by atoms with Crippen molar-refractivity contribution in [3.8, 4) is 0 Å². The summed E-state index contributed by atoms with van der Waals surface area (Å²) in [5.41, 5.74) is 3.25. The van der Waals surface area contributed by atoms with E-state index in [4.69, 9.17) is 0 Å². The molecule has 1 aliphatic heterocycles. The summed E-state index contributed by atoms with van der Waals surface area (Å²) in [4.78, 5) is 12.6. The molecular formula is C11H14N4. The molecular weight excluding hydrogens is 188 g/mol. The summed E-state index contributed by atoms with van der Waals surface area (Å²) in [5, 5.41) is 3.24. The predicted molar refractivity (Wildman–Crippen MR) is 62.3 cm³/mol. The Kier molecular flexibility index (Phi) is 2.76. The van der Waals surface area contributed by atoms with E-state index in [9.17, 15) is 0 Å². The van der Waals surface area contributed by atoms with Gasteiger partial charge in [0.1, 0.15) is 12.1 Å². The van der Waals surface area contributed by atoms with Gasteiger partial charge in [-0.2, -0.15) is 0 Å². The quantitative estimate of drug-likeness (QED) is 0.740. The topological polar surface area (TPSA) is 50.2 Å². The lowest BCUT2D eigenvalue weighted by Crippen LogP contribution is -1.98. The molecule has 4 nitrogen and oxygen atoms in total. The van der Waals surface area contributed by atoms with E-state index in [2.05, 4.69) is 20.3 Å². The molecule has 0 aliphatic carbocycles. The fourth-order valence-corrected chi connectivity index (χ4v) is 1.77. The standard InChI is InChI=1S/C11H14N4/c1-3-8(6-12-2)10-9-4-5-13-11(9)15-7-14-10/h3,6-7H,4-5H2,1-2H3,(H,13,14,15)/b8-3+,12-6-. The summed E-state index contributed by atoms with van der Waals surface area (Å²) < 4.78 is 0. The van der Waals surface area contributed by atoms with Crippen molar-refractivity contribution in [2.75, 3.05) is 18.9 Å². The number of rotatable bonds is 2. The summed E-state index contributed by atoms with van der Waals surface area (Å²) in [5.74, 6) is 0.962. The molecule has 1 aromatic rings. The van der Waals surface area contributed by atoms with E-state index in [1.54, 1.807) is 13.4 Å². The highest BCUT2D eigenvalue weighted by atomic mass is 15.0. The first-order valence-electron chi connectivity index (χ1n) is 5.03. The molecule has 0 unspecified atom stereocenters. The summed E-state index contributed by atoms with van der Waals surface area (Å²) in [7, 11) is 1.77. The zero-order valence-corrected chi connectivity index (χ0v) is 8.99. The SMILES string of the molecule is C/C=C(\C=N/C)c1ncnc2c1CCN2. The number of fused-ring (bicyclic) bond motifs is 1. The van der Waals surface area contributed by atoms with Gasteiger partial charge in [-0.1, -0.05) is 6.08 Å². The Morgan fingerprint density at radius 3 is 3.13 bits per heavy atom. The number of hydrogen-bond donors (Lipinski definition) is 1. The lowest BCUT2D eigenvalue weighted by atomic mass is 10.1. The summed E-state index contributed by atoms with van der Waals surface area (Å²) in [6, 6.07) is 0. The Bertz CT molecular complexity index is 421. The lowest BCUT2D eigenvalue weighted by Gasteiger charge is -2.05. The van der Waals surface area contributed by atoms with E-state index in [0.29, 0.717) is 0 Å². The maximum Gasteiger partial charge on any atom is 0.133 e. The largest absolute Gasteiger partial charge is 0.369 e. The van der Waals surface area contributed by atoms with E-state index >= 15 is 0 Å². The minimum Gasteiger partial charge on any atom is -0.369 e. The number of anilines is 1. The third-order valence-corrected chi connectivity index (χ3v) is 2.47. The maximum absolute atomic E-state index is 4.33. The van der Waals surface area contributed by atoms with Crippen LogP contribution >= 0.6 is 0 Å². The molecule has 0 aromatic carbocycles. The third kappa shape index (κ3) is 1.75. The number of hydrogen-bond acceptors (Lipinski definition) is 4. The zero-order valence-electron chi connectivity index (χ0n) is 8.99. The van der Waals surface area contributed by atoms with E-state index in [1.165, 1.54) is 5.56 Å². The van der Waals surface area contributed by atoms with Gasteiger partial charge in [0, 0.05) is 30.9 Å². The Hall–Kier alpha value is -1.71. The van der Waals surface area contributed by atoms with Crippen molar-refractivity contribution < 1.29 is 0 Å². The van der Waals surface area contributed by atoms with Gasteiger partial charge < -0.3 is 5.32 Å². The van der Waals surface area contributed by atoms with Crippen molar-refractivity contribution in [3.63, 3.8) is 0 Å². The maximum atomic E-state index is 4.33. The highest BCUT2D eigenvalue weighted by molar-refractivity contribution is 6.09. The second-order valence-corrected chi connectivity index (χ2v) is 3.36. The van der Waals surface area contributed by atoms with E-state index in [0.717, 1.165) is 30.1 Å². The van der Waals surface area contributed by atoms with Crippen LogP contribution in [0.25, 0.3) is 5.57 Å². The minimum atomic E-state index is 0.946. The van der Waals surface area contributed by atoms with Crippen molar-refractivity contribution >= 4 is 17.6 Å². The molecule has 0 amide bonds. The van der Waals surface area contributed by atoms with Gasteiger partial charge in [0.05, 0.1) is 5.69 Å². The number of allylic oxidation sites excluding steroid dienone is 2. The van der Waals surface area contributed by atoms with Crippen molar-refractivity contribution in [2.45, 2.75) is 13.3 Å². The molecule has 0 saturated carbocycles. The molecule has 2 rings (SSSR count). The Morgan fingerprint density at radius 2 is 2.40 bits per heavy atom. The monoisotopic (exact) mass is 202 g/mol. The molecule has 2 heterocycles. The normalized spacial score (nSPS) is 15.5. The molecule has 1 aliphatic rings. The lowest BCUT2D eigenvalue weighted by molar-refractivity contribution is 1.07. The highest BCUT2D eigenvalue weighted by Gasteiger charge is 2.17. The van der Waals surface area contributed by atoms with E-state index in [-0.39, 0.29) is 0 Å². The molecule has 15 heavy (non-hydrogen) atoms. The molecule has 0 radical (unpaired) electrons. The summed E-state index contributed by atoms with van der Waals surface area (Å²) in [6.45, 7) is 2.94.